The van der Waals surface area contributed by atoms with Crippen LogP contribution in [0.25, 0.3) is 0 Å². The molecule has 0 bridgehead atoms. The largest absolute Gasteiger partial charge is 0.481 e. The molecule has 2 rings (SSSR count). The standard InChI is InChI=1S/C17H28O11/c1-3-7-8(4-11(19)20)9(15(24)25-2)6-26-16(7)28-17-14(23)13(22)12(21)10(5-18)27-17/h7-10,12-14,16-18,21-23H,3-6H2,1-2H3,(H,19,20)/t7?,8?,9?,10-,12-,13+,14-,16?,17?/m1/s1. The molecule has 0 spiro atoms. The third kappa shape index (κ3) is 4.79. The van der Waals surface area contributed by atoms with Crippen molar-refractivity contribution < 1.29 is 54.1 Å². The fourth-order valence-electron chi connectivity index (χ4n) is 3.78. The summed E-state index contributed by atoms with van der Waals surface area (Å²) in [6.45, 7) is 1.01. The van der Waals surface area contributed by atoms with Crippen LogP contribution in [0.5, 0.6) is 0 Å². The van der Waals surface area contributed by atoms with Crippen LogP contribution >= 0.6 is 0 Å². The van der Waals surface area contributed by atoms with Gasteiger partial charge in [0.05, 0.1) is 26.2 Å². The summed E-state index contributed by atoms with van der Waals surface area (Å²) in [7, 11) is 1.21. The molecule has 0 saturated carbocycles. The Bertz CT molecular complexity index is 539. The van der Waals surface area contributed by atoms with Gasteiger partial charge in [0.15, 0.2) is 12.6 Å². The maximum atomic E-state index is 12.0. The Morgan fingerprint density at radius 1 is 1.07 bits per heavy atom. The molecule has 9 atom stereocenters. The van der Waals surface area contributed by atoms with Crippen molar-refractivity contribution >= 4 is 11.9 Å². The van der Waals surface area contributed by atoms with E-state index in [1.807, 2.05) is 0 Å². The molecule has 28 heavy (non-hydrogen) atoms. The predicted molar refractivity (Wildman–Crippen MR) is 89.6 cm³/mol. The van der Waals surface area contributed by atoms with Crippen LogP contribution < -0.4 is 0 Å². The van der Waals surface area contributed by atoms with Crippen molar-refractivity contribution in [3.8, 4) is 0 Å². The van der Waals surface area contributed by atoms with E-state index in [-0.39, 0.29) is 13.0 Å². The molecule has 0 aromatic heterocycles. The number of hydrogen-bond acceptors (Lipinski definition) is 10. The number of carboxylic acids is 1. The van der Waals surface area contributed by atoms with Gasteiger partial charge in [0.1, 0.15) is 24.4 Å². The number of hydrogen-bond donors (Lipinski definition) is 5. The quantitative estimate of drug-likeness (QED) is 0.297. The van der Waals surface area contributed by atoms with Gasteiger partial charge in [0.25, 0.3) is 0 Å². The zero-order valence-corrected chi connectivity index (χ0v) is 15.7. The number of carbonyl (C=O) groups is 2. The molecule has 0 aromatic rings. The van der Waals surface area contributed by atoms with Crippen LogP contribution in [0.15, 0.2) is 0 Å². The molecule has 0 amide bonds. The molecular weight excluding hydrogens is 380 g/mol. The number of aliphatic carboxylic acids is 1. The number of carbonyl (C=O) groups excluding carboxylic acids is 1. The zero-order chi connectivity index (χ0) is 21.0. The summed E-state index contributed by atoms with van der Waals surface area (Å²) >= 11 is 0. The number of esters is 1. The highest BCUT2D eigenvalue weighted by atomic mass is 16.8. The van der Waals surface area contributed by atoms with E-state index in [2.05, 4.69) is 0 Å². The molecule has 162 valence electrons. The lowest BCUT2D eigenvalue weighted by Crippen LogP contribution is -2.60. The van der Waals surface area contributed by atoms with E-state index < -0.39 is 73.3 Å². The first-order valence-electron chi connectivity index (χ1n) is 9.12. The molecule has 2 aliphatic rings. The molecular formula is C17H28O11. The maximum absolute atomic E-state index is 12.0. The van der Waals surface area contributed by atoms with Gasteiger partial charge < -0.3 is 44.5 Å². The predicted octanol–water partition coefficient (Wildman–Crippen LogP) is -1.93. The first-order valence-corrected chi connectivity index (χ1v) is 9.12. The third-order valence-electron chi connectivity index (χ3n) is 5.36. The fourth-order valence-corrected chi connectivity index (χ4v) is 3.78. The molecule has 5 unspecified atom stereocenters. The molecule has 11 heteroatoms. The Kier molecular flexibility index (Phi) is 8.13. The van der Waals surface area contributed by atoms with Crippen LogP contribution in [0, 0.1) is 17.8 Å². The van der Waals surface area contributed by atoms with Crippen molar-refractivity contribution in [3.05, 3.63) is 0 Å². The molecule has 0 aromatic carbocycles. The summed E-state index contributed by atoms with van der Waals surface area (Å²) < 4.78 is 21.3. The number of aliphatic hydroxyl groups excluding tert-OH is 4. The zero-order valence-electron chi connectivity index (χ0n) is 15.7. The first-order chi connectivity index (χ1) is 13.2. The van der Waals surface area contributed by atoms with E-state index >= 15 is 0 Å². The van der Waals surface area contributed by atoms with Gasteiger partial charge in [-0.05, 0) is 12.3 Å². The number of carboxylic acid groups (broad SMARTS) is 1. The normalized spacial score (nSPS) is 41.4. The first kappa shape index (κ1) is 22.9. The Morgan fingerprint density at radius 2 is 1.75 bits per heavy atom. The van der Waals surface area contributed by atoms with Gasteiger partial charge in [-0.2, -0.15) is 0 Å². The van der Waals surface area contributed by atoms with Crippen molar-refractivity contribution in [2.75, 3.05) is 20.3 Å². The average Bonchev–Trinajstić information content (AvgIpc) is 2.67. The van der Waals surface area contributed by atoms with Crippen LogP contribution in [0.3, 0.4) is 0 Å². The Labute approximate surface area is 161 Å². The van der Waals surface area contributed by atoms with Crippen LogP contribution in [0.4, 0.5) is 0 Å². The van der Waals surface area contributed by atoms with Crippen molar-refractivity contribution in [1.82, 2.24) is 0 Å². The third-order valence-corrected chi connectivity index (χ3v) is 5.36. The second-order valence-corrected chi connectivity index (χ2v) is 7.00. The summed E-state index contributed by atoms with van der Waals surface area (Å²) in [5.41, 5.74) is 0. The molecule has 2 fully saturated rings. The van der Waals surface area contributed by atoms with Gasteiger partial charge in [0.2, 0.25) is 0 Å². The highest BCUT2D eigenvalue weighted by Crippen LogP contribution is 2.38. The minimum Gasteiger partial charge on any atom is -0.481 e. The second kappa shape index (κ2) is 9.92. The van der Waals surface area contributed by atoms with Crippen LogP contribution in [-0.2, 0) is 28.5 Å². The maximum Gasteiger partial charge on any atom is 0.311 e. The van der Waals surface area contributed by atoms with Gasteiger partial charge in [0, 0.05) is 12.3 Å². The molecule has 5 N–H and O–H groups in total. The van der Waals surface area contributed by atoms with E-state index in [0.717, 1.165) is 0 Å². The molecule has 2 heterocycles. The molecule has 0 aliphatic carbocycles. The van der Waals surface area contributed by atoms with Gasteiger partial charge >= 0.3 is 11.9 Å². The van der Waals surface area contributed by atoms with E-state index in [0.29, 0.717) is 6.42 Å². The van der Waals surface area contributed by atoms with Gasteiger partial charge in [-0.3, -0.25) is 9.59 Å². The van der Waals surface area contributed by atoms with Crippen LogP contribution in [-0.4, -0.2) is 94.8 Å². The van der Waals surface area contributed by atoms with E-state index in [4.69, 9.17) is 18.9 Å². The van der Waals surface area contributed by atoms with Crippen molar-refractivity contribution in [3.63, 3.8) is 0 Å². The highest BCUT2D eigenvalue weighted by molar-refractivity contribution is 5.75. The summed E-state index contributed by atoms with van der Waals surface area (Å²) in [5, 5.41) is 48.4. The van der Waals surface area contributed by atoms with Crippen LogP contribution in [0.1, 0.15) is 19.8 Å². The fraction of sp³-hybridized carbons (Fsp3) is 0.882. The Hall–Kier alpha value is -1.34. The van der Waals surface area contributed by atoms with Gasteiger partial charge in [-0.1, -0.05) is 6.92 Å². The average molecular weight is 408 g/mol. The number of methoxy groups -OCH3 is 1. The summed E-state index contributed by atoms with van der Waals surface area (Å²) in [5.74, 6) is -3.65. The SMILES string of the molecule is CCC1C(OC2O[C@H](CO)[C@@H](O)[C@H](O)[C@H]2O)OCC(C(=O)OC)C1CC(=O)O. The summed E-state index contributed by atoms with van der Waals surface area (Å²) in [6, 6.07) is 0. The summed E-state index contributed by atoms with van der Waals surface area (Å²) in [6.07, 6.45) is -8.27. The number of ether oxygens (including phenoxy) is 4. The lowest BCUT2D eigenvalue weighted by Gasteiger charge is -2.45. The lowest BCUT2D eigenvalue weighted by atomic mass is 9.76. The van der Waals surface area contributed by atoms with E-state index in [1.54, 1.807) is 6.92 Å². The number of aliphatic hydroxyl groups is 4. The lowest BCUT2D eigenvalue weighted by molar-refractivity contribution is -0.354. The molecule has 2 saturated heterocycles. The Balaban J connectivity index is 2.18. The second-order valence-electron chi connectivity index (χ2n) is 7.00. The minimum absolute atomic E-state index is 0.150. The van der Waals surface area contributed by atoms with Crippen molar-refractivity contribution in [1.29, 1.82) is 0 Å². The highest BCUT2D eigenvalue weighted by Gasteiger charge is 2.49. The Morgan fingerprint density at radius 3 is 2.29 bits per heavy atom. The van der Waals surface area contributed by atoms with Crippen LogP contribution in [0.2, 0.25) is 0 Å². The van der Waals surface area contributed by atoms with E-state index in [9.17, 15) is 35.1 Å². The van der Waals surface area contributed by atoms with E-state index in [1.165, 1.54) is 7.11 Å². The van der Waals surface area contributed by atoms with Gasteiger partial charge in [-0.25, -0.2) is 0 Å². The molecule has 0 radical (unpaired) electrons. The topological polar surface area (TPSA) is 172 Å². The van der Waals surface area contributed by atoms with Crippen molar-refractivity contribution in [2.24, 2.45) is 17.8 Å². The summed E-state index contributed by atoms with van der Waals surface area (Å²) in [4.78, 5) is 23.3. The van der Waals surface area contributed by atoms with Gasteiger partial charge in [-0.15, -0.1) is 0 Å². The monoisotopic (exact) mass is 408 g/mol. The molecule has 2 aliphatic heterocycles. The minimum atomic E-state index is -1.62. The smallest absolute Gasteiger partial charge is 0.311 e. The number of rotatable bonds is 7. The molecule has 11 nitrogen and oxygen atoms in total. The van der Waals surface area contributed by atoms with Crippen molar-refractivity contribution in [2.45, 2.75) is 56.8 Å².